The lowest BCUT2D eigenvalue weighted by molar-refractivity contribution is -0.161. The SMILES string of the molecule is COc1ccc(C2COC(C(=O)O)(c3cc(C)ccc3OC)C2)cc1. The highest BCUT2D eigenvalue weighted by Crippen LogP contribution is 2.46. The van der Waals surface area contributed by atoms with Gasteiger partial charge in [0.25, 0.3) is 0 Å². The van der Waals surface area contributed by atoms with Crippen LogP contribution >= 0.6 is 0 Å². The van der Waals surface area contributed by atoms with Gasteiger partial charge in [-0.3, -0.25) is 0 Å². The second kappa shape index (κ2) is 6.76. The van der Waals surface area contributed by atoms with Gasteiger partial charge in [-0.05, 0) is 36.8 Å². The first-order valence-corrected chi connectivity index (χ1v) is 8.16. The van der Waals surface area contributed by atoms with Gasteiger partial charge in [0, 0.05) is 17.9 Å². The molecule has 1 aliphatic rings. The number of hydrogen-bond donors (Lipinski definition) is 1. The lowest BCUT2D eigenvalue weighted by Gasteiger charge is -2.26. The van der Waals surface area contributed by atoms with Gasteiger partial charge in [-0.2, -0.15) is 0 Å². The summed E-state index contributed by atoms with van der Waals surface area (Å²) >= 11 is 0. The van der Waals surface area contributed by atoms with E-state index in [1.165, 1.54) is 0 Å². The van der Waals surface area contributed by atoms with E-state index in [2.05, 4.69) is 0 Å². The van der Waals surface area contributed by atoms with Crippen LogP contribution in [-0.4, -0.2) is 31.9 Å². The number of rotatable bonds is 5. The highest BCUT2D eigenvalue weighted by atomic mass is 16.5. The Labute approximate surface area is 147 Å². The Morgan fingerprint density at radius 2 is 1.88 bits per heavy atom. The van der Waals surface area contributed by atoms with E-state index in [9.17, 15) is 9.90 Å². The summed E-state index contributed by atoms with van der Waals surface area (Å²) in [5.74, 6) is 0.301. The van der Waals surface area contributed by atoms with E-state index in [4.69, 9.17) is 14.2 Å². The fourth-order valence-corrected chi connectivity index (χ4v) is 3.39. The molecule has 0 amide bonds. The van der Waals surface area contributed by atoms with Crippen molar-refractivity contribution >= 4 is 5.97 Å². The van der Waals surface area contributed by atoms with E-state index in [0.29, 0.717) is 24.3 Å². The van der Waals surface area contributed by atoms with Crippen molar-refractivity contribution in [1.29, 1.82) is 0 Å². The molecule has 0 aromatic heterocycles. The van der Waals surface area contributed by atoms with Crippen LogP contribution in [0.3, 0.4) is 0 Å². The van der Waals surface area contributed by atoms with Crippen LogP contribution in [0.2, 0.25) is 0 Å². The van der Waals surface area contributed by atoms with Crippen molar-refractivity contribution in [2.45, 2.75) is 24.9 Å². The minimum absolute atomic E-state index is 0.00720. The van der Waals surface area contributed by atoms with Gasteiger partial charge in [0.2, 0.25) is 0 Å². The Morgan fingerprint density at radius 3 is 2.48 bits per heavy atom. The Balaban J connectivity index is 1.98. The fraction of sp³-hybridized carbons (Fsp3) is 0.350. The van der Waals surface area contributed by atoms with E-state index in [-0.39, 0.29) is 5.92 Å². The zero-order chi connectivity index (χ0) is 18.0. The van der Waals surface area contributed by atoms with E-state index >= 15 is 0 Å². The first-order valence-electron chi connectivity index (χ1n) is 8.16. The highest BCUT2D eigenvalue weighted by Gasteiger charge is 2.50. The third-order valence-corrected chi connectivity index (χ3v) is 4.79. The second-order valence-electron chi connectivity index (χ2n) is 6.32. The van der Waals surface area contributed by atoms with Gasteiger partial charge in [0.05, 0.1) is 20.8 Å². The number of aryl methyl sites for hydroxylation is 1. The van der Waals surface area contributed by atoms with Crippen LogP contribution in [0.5, 0.6) is 11.5 Å². The van der Waals surface area contributed by atoms with Gasteiger partial charge in [0.15, 0.2) is 5.60 Å². The molecule has 0 aliphatic carbocycles. The molecule has 2 atom stereocenters. The first-order chi connectivity index (χ1) is 12.0. The van der Waals surface area contributed by atoms with Crippen molar-refractivity contribution in [3.05, 3.63) is 59.2 Å². The predicted molar refractivity (Wildman–Crippen MR) is 93.3 cm³/mol. The molecule has 5 nitrogen and oxygen atoms in total. The minimum atomic E-state index is -1.40. The number of benzene rings is 2. The Bertz CT molecular complexity index is 768. The summed E-state index contributed by atoms with van der Waals surface area (Å²) in [5, 5.41) is 9.97. The standard InChI is InChI=1S/C20H22O5/c1-13-4-9-18(24-3)17(10-13)20(19(21)22)11-15(12-25-20)14-5-7-16(23-2)8-6-14/h4-10,15H,11-12H2,1-3H3,(H,21,22). The Hall–Kier alpha value is -2.53. The molecule has 0 bridgehead atoms. The number of aliphatic carboxylic acids is 1. The largest absolute Gasteiger partial charge is 0.497 e. The molecule has 2 unspecified atom stereocenters. The molecule has 1 aliphatic heterocycles. The fourth-order valence-electron chi connectivity index (χ4n) is 3.39. The van der Waals surface area contributed by atoms with Crippen LogP contribution < -0.4 is 9.47 Å². The molecular weight excluding hydrogens is 320 g/mol. The molecule has 25 heavy (non-hydrogen) atoms. The molecule has 1 fully saturated rings. The number of hydrogen-bond acceptors (Lipinski definition) is 4. The number of carbonyl (C=O) groups is 1. The molecule has 132 valence electrons. The maximum atomic E-state index is 12.2. The Morgan fingerprint density at radius 1 is 1.16 bits per heavy atom. The van der Waals surface area contributed by atoms with Crippen LogP contribution in [0.1, 0.15) is 29.0 Å². The average Bonchev–Trinajstić information content (AvgIpc) is 3.08. The number of carboxylic acid groups (broad SMARTS) is 1. The topological polar surface area (TPSA) is 65.0 Å². The zero-order valence-electron chi connectivity index (χ0n) is 14.6. The average molecular weight is 342 g/mol. The van der Waals surface area contributed by atoms with Crippen LogP contribution in [0.15, 0.2) is 42.5 Å². The lowest BCUT2D eigenvalue weighted by Crippen LogP contribution is -2.35. The summed E-state index contributed by atoms with van der Waals surface area (Å²) in [6.45, 7) is 2.27. The van der Waals surface area contributed by atoms with E-state index < -0.39 is 11.6 Å². The van der Waals surface area contributed by atoms with Crippen LogP contribution in [-0.2, 0) is 15.1 Å². The van der Waals surface area contributed by atoms with Crippen molar-refractivity contribution in [3.8, 4) is 11.5 Å². The molecular formula is C20H22O5. The maximum Gasteiger partial charge on any atom is 0.340 e. The zero-order valence-corrected chi connectivity index (χ0v) is 14.6. The molecule has 5 heteroatoms. The molecule has 3 rings (SSSR count). The smallest absolute Gasteiger partial charge is 0.340 e. The highest BCUT2D eigenvalue weighted by molar-refractivity contribution is 5.81. The number of methoxy groups -OCH3 is 2. The predicted octanol–water partition coefficient (Wildman–Crippen LogP) is 3.50. The van der Waals surface area contributed by atoms with E-state index in [0.717, 1.165) is 16.9 Å². The van der Waals surface area contributed by atoms with Gasteiger partial charge < -0.3 is 19.3 Å². The quantitative estimate of drug-likeness (QED) is 0.901. The number of ether oxygens (including phenoxy) is 3. The molecule has 2 aromatic rings. The molecule has 1 saturated heterocycles. The third kappa shape index (κ3) is 3.07. The Kier molecular flexibility index (Phi) is 4.68. The molecule has 0 radical (unpaired) electrons. The van der Waals surface area contributed by atoms with E-state index in [1.807, 2.05) is 43.3 Å². The second-order valence-corrected chi connectivity index (χ2v) is 6.32. The summed E-state index contributed by atoms with van der Waals surface area (Å²) in [5.41, 5.74) is 1.17. The number of carboxylic acids is 1. The summed E-state index contributed by atoms with van der Waals surface area (Å²) in [6, 6.07) is 13.2. The van der Waals surface area contributed by atoms with Crippen molar-refractivity contribution < 1.29 is 24.1 Å². The summed E-state index contributed by atoms with van der Waals surface area (Å²) in [7, 11) is 3.16. The van der Waals surface area contributed by atoms with Gasteiger partial charge in [-0.15, -0.1) is 0 Å². The van der Waals surface area contributed by atoms with Crippen molar-refractivity contribution in [3.63, 3.8) is 0 Å². The maximum absolute atomic E-state index is 12.2. The van der Waals surface area contributed by atoms with Gasteiger partial charge in [0.1, 0.15) is 11.5 Å². The van der Waals surface area contributed by atoms with Crippen molar-refractivity contribution in [2.24, 2.45) is 0 Å². The molecule has 1 N–H and O–H groups in total. The molecule has 0 saturated carbocycles. The molecule has 0 spiro atoms. The van der Waals surface area contributed by atoms with Crippen LogP contribution in [0.25, 0.3) is 0 Å². The van der Waals surface area contributed by atoms with Gasteiger partial charge in [-0.25, -0.2) is 4.79 Å². The van der Waals surface area contributed by atoms with Crippen molar-refractivity contribution in [2.75, 3.05) is 20.8 Å². The van der Waals surface area contributed by atoms with Gasteiger partial charge >= 0.3 is 5.97 Å². The summed E-state index contributed by atoms with van der Waals surface area (Å²) in [4.78, 5) is 12.2. The first kappa shape index (κ1) is 17.3. The van der Waals surface area contributed by atoms with Gasteiger partial charge in [-0.1, -0.05) is 23.8 Å². The van der Waals surface area contributed by atoms with E-state index in [1.54, 1.807) is 20.3 Å². The minimum Gasteiger partial charge on any atom is -0.497 e. The third-order valence-electron chi connectivity index (χ3n) is 4.79. The van der Waals surface area contributed by atoms with Crippen molar-refractivity contribution in [1.82, 2.24) is 0 Å². The normalized spacial score (nSPS) is 22.6. The molecule has 2 aromatic carbocycles. The van der Waals surface area contributed by atoms with Crippen LogP contribution in [0.4, 0.5) is 0 Å². The summed E-state index contributed by atoms with van der Waals surface area (Å²) in [6.07, 6.45) is 0.356. The lowest BCUT2D eigenvalue weighted by atomic mass is 9.83. The van der Waals surface area contributed by atoms with Crippen LogP contribution in [0, 0.1) is 6.92 Å². The monoisotopic (exact) mass is 342 g/mol. The summed E-state index contributed by atoms with van der Waals surface area (Å²) < 4.78 is 16.5. The molecule has 1 heterocycles.